The molecule has 0 aromatic heterocycles. The molecule has 0 radical (unpaired) electrons. The van der Waals surface area contributed by atoms with Gasteiger partial charge in [0.05, 0.1) is 26.4 Å². The topological polar surface area (TPSA) is 105 Å². The third-order valence-electron chi connectivity index (χ3n) is 4.14. The van der Waals surface area contributed by atoms with Crippen LogP contribution in [0.4, 0.5) is 0 Å². The average molecular weight is 487 g/mol. The van der Waals surface area contributed by atoms with Crippen LogP contribution in [-0.4, -0.2) is 50.3 Å². The van der Waals surface area contributed by atoms with E-state index in [1.54, 1.807) is 52.0 Å². The molecule has 1 aromatic carbocycles. The van der Waals surface area contributed by atoms with Gasteiger partial charge in [-0.15, -0.1) is 0 Å². The van der Waals surface area contributed by atoms with E-state index in [0.29, 0.717) is 5.56 Å². The lowest BCUT2D eigenvalue weighted by Gasteiger charge is -2.29. The number of hydrogen-bond acceptors (Lipinski definition) is 8. The van der Waals surface area contributed by atoms with Crippen LogP contribution in [0.1, 0.15) is 39.2 Å². The van der Waals surface area contributed by atoms with Gasteiger partial charge in [0.25, 0.3) is 0 Å². The van der Waals surface area contributed by atoms with Crippen LogP contribution in [0.15, 0.2) is 28.7 Å². The number of benzene rings is 1. The highest BCUT2D eigenvalue weighted by Crippen LogP contribution is 2.37. The molecule has 1 aromatic rings. The predicted octanol–water partition coefficient (Wildman–Crippen LogP) is 3.02. The first kappa shape index (κ1) is 25.6. The van der Waals surface area contributed by atoms with Gasteiger partial charge in [0.2, 0.25) is 0 Å². The van der Waals surface area contributed by atoms with Gasteiger partial charge in [-0.2, -0.15) is 0 Å². The van der Waals surface area contributed by atoms with E-state index in [1.807, 2.05) is 0 Å². The van der Waals surface area contributed by atoms with Crippen LogP contribution >= 0.6 is 15.9 Å². The van der Waals surface area contributed by atoms with E-state index in [-0.39, 0.29) is 26.4 Å². The Morgan fingerprint density at radius 2 is 0.967 bits per heavy atom. The first-order valence-corrected chi connectivity index (χ1v) is 10.5. The van der Waals surface area contributed by atoms with E-state index in [4.69, 9.17) is 18.9 Å². The van der Waals surface area contributed by atoms with E-state index in [0.717, 1.165) is 4.47 Å². The molecule has 0 fully saturated rings. The minimum atomic E-state index is -1.56. The lowest BCUT2D eigenvalue weighted by molar-refractivity contribution is -0.169. The Bertz CT molecular complexity index is 655. The quantitative estimate of drug-likeness (QED) is 0.267. The highest BCUT2D eigenvalue weighted by atomic mass is 79.9. The highest BCUT2D eigenvalue weighted by molar-refractivity contribution is 9.10. The van der Waals surface area contributed by atoms with Gasteiger partial charge in [-0.3, -0.25) is 19.2 Å². The molecule has 0 N–H and O–H groups in total. The van der Waals surface area contributed by atoms with Crippen LogP contribution in [0.5, 0.6) is 0 Å². The molecule has 0 bridgehead atoms. The summed E-state index contributed by atoms with van der Waals surface area (Å²) in [6.45, 7) is 6.37. The molecule has 0 aliphatic rings. The molecule has 0 saturated heterocycles. The predicted molar refractivity (Wildman–Crippen MR) is 110 cm³/mol. The second-order valence-corrected chi connectivity index (χ2v) is 6.96. The summed E-state index contributed by atoms with van der Waals surface area (Å²) in [4.78, 5) is 51.1. The Hall–Kier alpha value is -2.42. The second-order valence-electron chi connectivity index (χ2n) is 6.04. The van der Waals surface area contributed by atoms with Crippen molar-refractivity contribution in [3.63, 3.8) is 0 Å². The van der Waals surface area contributed by atoms with E-state index in [1.165, 1.54) is 0 Å². The lowest BCUT2D eigenvalue weighted by Crippen LogP contribution is -2.43. The number of esters is 4. The number of hydrogen-bond donors (Lipinski definition) is 0. The van der Waals surface area contributed by atoms with Crippen LogP contribution < -0.4 is 0 Å². The molecule has 0 aliphatic heterocycles. The summed E-state index contributed by atoms with van der Waals surface area (Å²) in [6, 6.07) is 6.55. The molecule has 0 atom stereocenters. The first-order valence-electron chi connectivity index (χ1n) is 9.74. The van der Waals surface area contributed by atoms with Gasteiger partial charge in [-0.05, 0) is 45.4 Å². The Balaban J connectivity index is 3.68. The Morgan fingerprint density at radius 3 is 1.23 bits per heavy atom. The molecule has 0 spiro atoms. The minimum Gasteiger partial charge on any atom is -0.465 e. The Kier molecular flexibility index (Phi) is 11.1. The minimum absolute atomic E-state index is 0.00523. The molecule has 0 heterocycles. The van der Waals surface area contributed by atoms with Crippen LogP contribution in [0.2, 0.25) is 0 Å². The summed E-state index contributed by atoms with van der Waals surface area (Å²) in [5.41, 5.74) is 0.385. The van der Waals surface area contributed by atoms with Crippen molar-refractivity contribution in [2.75, 3.05) is 26.4 Å². The Morgan fingerprint density at radius 1 is 0.667 bits per heavy atom. The summed E-state index contributed by atoms with van der Waals surface area (Å²) in [7, 11) is 0. The maximum Gasteiger partial charge on any atom is 0.320 e. The normalized spacial score (nSPS) is 10.8. The van der Waals surface area contributed by atoms with Crippen LogP contribution in [0.25, 0.3) is 0 Å². The van der Waals surface area contributed by atoms with Crippen molar-refractivity contribution in [3.05, 3.63) is 34.3 Å². The van der Waals surface area contributed by atoms with Crippen molar-refractivity contribution in [2.24, 2.45) is 11.8 Å². The molecule has 8 nitrogen and oxygen atoms in total. The number of carbonyl (C=O) groups is 4. The molecular weight excluding hydrogens is 460 g/mol. The number of ether oxygens (including phenoxy) is 4. The van der Waals surface area contributed by atoms with E-state index in [9.17, 15) is 19.2 Å². The maximum atomic E-state index is 12.8. The summed E-state index contributed by atoms with van der Waals surface area (Å²) < 4.78 is 21.0. The summed E-state index contributed by atoms with van der Waals surface area (Å²) in [5, 5.41) is 0. The van der Waals surface area contributed by atoms with Gasteiger partial charge in [0, 0.05) is 10.4 Å². The van der Waals surface area contributed by atoms with Gasteiger partial charge in [-0.25, -0.2) is 0 Å². The zero-order valence-corrected chi connectivity index (χ0v) is 19.1. The Labute approximate surface area is 184 Å². The van der Waals surface area contributed by atoms with Crippen LogP contribution in [-0.2, 0) is 38.1 Å². The number of rotatable bonds is 11. The molecule has 0 saturated carbocycles. The van der Waals surface area contributed by atoms with Crippen LogP contribution in [0, 0.1) is 11.8 Å². The second kappa shape index (κ2) is 13.0. The van der Waals surface area contributed by atoms with Gasteiger partial charge in [0.15, 0.2) is 11.8 Å². The average Bonchev–Trinajstić information content (AvgIpc) is 2.69. The summed E-state index contributed by atoms with van der Waals surface area (Å²) >= 11 is 3.32. The number of carbonyl (C=O) groups excluding carboxylic acids is 4. The fourth-order valence-electron chi connectivity index (χ4n) is 2.97. The smallest absolute Gasteiger partial charge is 0.320 e. The van der Waals surface area contributed by atoms with E-state index < -0.39 is 41.6 Å². The van der Waals surface area contributed by atoms with Crippen LogP contribution in [0.3, 0.4) is 0 Å². The molecule has 0 amide bonds. The largest absolute Gasteiger partial charge is 0.465 e. The zero-order valence-electron chi connectivity index (χ0n) is 17.5. The van der Waals surface area contributed by atoms with Crippen molar-refractivity contribution < 1.29 is 38.1 Å². The van der Waals surface area contributed by atoms with Crippen molar-refractivity contribution in [1.29, 1.82) is 0 Å². The first-order chi connectivity index (χ1) is 14.3. The molecule has 0 unspecified atom stereocenters. The molecule has 166 valence electrons. The zero-order chi connectivity index (χ0) is 22.7. The SMILES string of the molecule is CCOC(=O)C(C(=O)OCC)C(c1ccc(Br)cc1)C(C(=O)OCC)C(=O)OCC. The fraction of sp³-hybridized carbons (Fsp3) is 0.524. The third-order valence-corrected chi connectivity index (χ3v) is 4.66. The van der Waals surface area contributed by atoms with Gasteiger partial charge in [-0.1, -0.05) is 28.1 Å². The van der Waals surface area contributed by atoms with Crippen molar-refractivity contribution in [1.82, 2.24) is 0 Å². The van der Waals surface area contributed by atoms with Crippen molar-refractivity contribution in [2.45, 2.75) is 33.6 Å². The van der Waals surface area contributed by atoms with Crippen molar-refractivity contribution >= 4 is 39.8 Å². The summed E-state index contributed by atoms with van der Waals surface area (Å²) in [5.74, 6) is -7.97. The van der Waals surface area contributed by atoms with E-state index >= 15 is 0 Å². The molecule has 1 rings (SSSR count). The number of halogens is 1. The lowest BCUT2D eigenvalue weighted by atomic mass is 9.76. The molecular formula is C21H27BrO8. The molecule has 30 heavy (non-hydrogen) atoms. The molecule has 0 aliphatic carbocycles. The van der Waals surface area contributed by atoms with Crippen molar-refractivity contribution in [3.8, 4) is 0 Å². The van der Waals surface area contributed by atoms with Gasteiger partial charge < -0.3 is 18.9 Å². The monoisotopic (exact) mass is 486 g/mol. The summed E-state index contributed by atoms with van der Waals surface area (Å²) in [6.07, 6.45) is 0. The fourth-order valence-corrected chi connectivity index (χ4v) is 3.23. The van der Waals surface area contributed by atoms with Gasteiger partial charge >= 0.3 is 23.9 Å². The maximum absolute atomic E-state index is 12.8. The highest BCUT2D eigenvalue weighted by Gasteiger charge is 2.49. The standard InChI is InChI=1S/C21H27BrO8/c1-5-27-18(23)16(19(24)28-6-2)15(13-9-11-14(22)12-10-13)17(20(25)29-7-3)21(26)30-8-4/h9-12,15-17H,5-8H2,1-4H3. The van der Waals surface area contributed by atoms with E-state index in [2.05, 4.69) is 15.9 Å². The third kappa shape index (κ3) is 6.83. The molecule has 9 heteroatoms. The van der Waals surface area contributed by atoms with Gasteiger partial charge in [0.1, 0.15) is 0 Å².